The van der Waals surface area contributed by atoms with E-state index in [1.807, 2.05) is 25.8 Å². The van der Waals surface area contributed by atoms with Crippen LogP contribution in [0.3, 0.4) is 0 Å². The molecule has 5 heteroatoms. The number of anilines is 1. The number of nitrogens with zero attached hydrogens (tertiary/aromatic N) is 4. The van der Waals surface area contributed by atoms with Gasteiger partial charge in [-0.3, -0.25) is 0 Å². The third kappa shape index (κ3) is 2.22. The number of halogens is 1. The zero-order valence-electron chi connectivity index (χ0n) is 10.5. The average molecular weight is 261 g/mol. The summed E-state index contributed by atoms with van der Waals surface area (Å²) in [6.07, 6.45) is 0. The second kappa shape index (κ2) is 4.79. The Bertz CT molecular complexity index is 631. The standard InChI is InChI=1S/C13H13ClN4/c1-8(2)18(3)13-12(14)16-10-5-4-9(7-15)6-11(10)17-13/h4-6,8H,1-3H3. The van der Waals surface area contributed by atoms with E-state index in [4.69, 9.17) is 16.9 Å². The van der Waals surface area contributed by atoms with Crippen LogP contribution in [0, 0.1) is 11.3 Å². The van der Waals surface area contributed by atoms with Gasteiger partial charge in [0.25, 0.3) is 0 Å². The summed E-state index contributed by atoms with van der Waals surface area (Å²) in [5.74, 6) is 0.634. The van der Waals surface area contributed by atoms with E-state index >= 15 is 0 Å². The molecule has 2 rings (SSSR count). The van der Waals surface area contributed by atoms with Gasteiger partial charge in [-0.25, -0.2) is 9.97 Å². The predicted molar refractivity (Wildman–Crippen MR) is 72.8 cm³/mol. The second-order valence-electron chi connectivity index (χ2n) is 4.36. The van der Waals surface area contributed by atoms with Gasteiger partial charge in [-0.2, -0.15) is 5.26 Å². The molecule has 0 saturated carbocycles. The van der Waals surface area contributed by atoms with Gasteiger partial charge >= 0.3 is 0 Å². The summed E-state index contributed by atoms with van der Waals surface area (Å²) in [5, 5.41) is 9.26. The molecule has 1 heterocycles. The lowest BCUT2D eigenvalue weighted by atomic mass is 10.2. The minimum Gasteiger partial charge on any atom is -0.355 e. The average Bonchev–Trinajstić information content (AvgIpc) is 2.36. The van der Waals surface area contributed by atoms with Crippen LogP contribution in [0.1, 0.15) is 19.4 Å². The summed E-state index contributed by atoms with van der Waals surface area (Å²) < 4.78 is 0. The Morgan fingerprint density at radius 1 is 1.28 bits per heavy atom. The first-order valence-corrected chi connectivity index (χ1v) is 6.01. The highest BCUT2D eigenvalue weighted by Crippen LogP contribution is 2.25. The van der Waals surface area contributed by atoms with E-state index < -0.39 is 0 Å². The van der Waals surface area contributed by atoms with Crippen LogP contribution in [0.25, 0.3) is 11.0 Å². The quantitative estimate of drug-likeness (QED) is 0.833. The zero-order valence-corrected chi connectivity index (χ0v) is 11.2. The second-order valence-corrected chi connectivity index (χ2v) is 4.72. The van der Waals surface area contributed by atoms with Gasteiger partial charge in [0.1, 0.15) is 0 Å². The first-order chi connectivity index (χ1) is 8.52. The van der Waals surface area contributed by atoms with Gasteiger partial charge in [0.2, 0.25) is 0 Å². The maximum atomic E-state index is 8.88. The molecule has 1 aromatic carbocycles. The van der Waals surface area contributed by atoms with Crippen molar-refractivity contribution in [2.24, 2.45) is 0 Å². The van der Waals surface area contributed by atoms with Gasteiger partial charge < -0.3 is 4.90 Å². The van der Waals surface area contributed by atoms with E-state index in [1.54, 1.807) is 18.2 Å². The number of aromatic nitrogens is 2. The number of rotatable bonds is 2. The Kier molecular flexibility index (Phi) is 3.35. The number of benzene rings is 1. The lowest BCUT2D eigenvalue weighted by molar-refractivity contribution is 0.743. The summed E-state index contributed by atoms with van der Waals surface area (Å²) in [6, 6.07) is 7.54. The summed E-state index contributed by atoms with van der Waals surface area (Å²) in [7, 11) is 1.92. The molecule has 0 aliphatic carbocycles. The molecule has 1 aromatic heterocycles. The summed E-state index contributed by atoms with van der Waals surface area (Å²) in [5.41, 5.74) is 1.94. The van der Waals surface area contributed by atoms with Crippen molar-refractivity contribution in [3.05, 3.63) is 28.9 Å². The van der Waals surface area contributed by atoms with E-state index in [1.165, 1.54) is 0 Å². The molecule has 0 radical (unpaired) electrons. The number of fused-ring (bicyclic) bond motifs is 1. The van der Waals surface area contributed by atoms with Crippen molar-refractivity contribution in [2.45, 2.75) is 19.9 Å². The molecule has 4 nitrogen and oxygen atoms in total. The first-order valence-electron chi connectivity index (χ1n) is 5.63. The molecule has 0 bridgehead atoms. The van der Waals surface area contributed by atoms with Crippen LogP contribution in [-0.2, 0) is 0 Å². The summed E-state index contributed by atoms with van der Waals surface area (Å²) >= 11 is 6.14. The molecule has 0 N–H and O–H groups in total. The molecule has 2 aromatic rings. The summed E-state index contributed by atoms with van der Waals surface area (Å²) in [4.78, 5) is 10.7. The van der Waals surface area contributed by atoms with Crippen molar-refractivity contribution >= 4 is 28.5 Å². The molecule has 0 spiro atoms. The van der Waals surface area contributed by atoms with Gasteiger partial charge in [0.15, 0.2) is 11.0 Å². The molecule has 92 valence electrons. The van der Waals surface area contributed by atoms with Crippen LogP contribution in [0.4, 0.5) is 5.82 Å². The SMILES string of the molecule is CC(C)N(C)c1nc2cc(C#N)ccc2nc1Cl. The third-order valence-electron chi connectivity index (χ3n) is 2.84. The Balaban J connectivity index is 2.62. The normalized spacial score (nSPS) is 10.7. The number of hydrogen-bond donors (Lipinski definition) is 0. The Hall–Kier alpha value is -1.86. The van der Waals surface area contributed by atoms with Crippen molar-refractivity contribution in [3.63, 3.8) is 0 Å². The van der Waals surface area contributed by atoms with Gasteiger partial charge in [-0.15, -0.1) is 0 Å². The van der Waals surface area contributed by atoms with Gasteiger partial charge in [0, 0.05) is 13.1 Å². The first kappa shape index (κ1) is 12.6. The molecule has 0 aliphatic heterocycles. The van der Waals surface area contributed by atoms with E-state index in [0.29, 0.717) is 27.6 Å². The maximum Gasteiger partial charge on any atom is 0.172 e. The fourth-order valence-electron chi connectivity index (χ4n) is 1.56. The Labute approximate surface area is 111 Å². The van der Waals surface area contributed by atoms with Crippen molar-refractivity contribution in [1.29, 1.82) is 5.26 Å². The molecule has 0 atom stereocenters. The minimum absolute atomic E-state index is 0.272. The zero-order chi connectivity index (χ0) is 13.3. The lowest BCUT2D eigenvalue weighted by Crippen LogP contribution is -2.27. The number of hydrogen-bond acceptors (Lipinski definition) is 4. The lowest BCUT2D eigenvalue weighted by Gasteiger charge is -2.23. The highest BCUT2D eigenvalue weighted by Gasteiger charge is 2.13. The minimum atomic E-state index is 0.272. The Morgan fingerprint density at radius 3 is 2.61 bits per heavy atom. The topological polar surface area (TPSA) is 52.8 Å². The molecule has 0 amide bonds. The molecular weight excluding hydrogens is 248 g/mol. The van der Waals surface area contributed by atoms with Crippen molar-refractivity contribution < 1.29 is 0 Å². The van der Waals surface area contributed by atoms with Crippen LogP contribution in [0.2, 0.25) is 5.15 Å². The van der Waals surface area contributed by atoms with E-state index in [0.717, 1.165) is 0 Å². The monoisotopic (exact) mass is 260 g/mol. The fraction of sp³-hybridized carbons (Fsp3) is 0.308. The Morgan fingerprint density at radius 2 is 2.00 bits per heavy atom. The van der Waals surface area contributed by atoms with Crippen molar-refractivity contribution in [1.82, 2.24) is 9.97 Å². The van der Waals surface area contributed by atoms with E-state index in [9.17, 15) is 0 Å². The van der Waals surface area contributed by atoms with Gasteiger partial charge in [-0.05, 0) is 32.0 Å². The predicted octanol–water partition coefficient (Wildman–Crippen LogP) is 3.00. The van der Waals surface area contributed by atoms with Crippen LogP contribution >= 0.6 is 11.6 Å². The van der Waals surface area contributed by atoms with Gasteiger partial charge in [0.05, 0.1) is 22.7 Å². The van der Waals surface area contributed by atoms with Crippen molar-refractivity contribution in [2.75, 3.05) is 11.9 Å². The van der Waals surface area contributed by atoms with E-state index in [2.05, 4.69) is 16.0 Å². The molecule has 0 aliphatic rings. The molecule has 0 saturated heterocycles. The highest BCUT2D eigenvalue weighted by atomic mass is 35.5. The number of nitriles is 1. The molecule has 0 unspecified atom stereocenters. The van der Waals surface area contributed by atoms with Crippen LogP contribution in [0.15, 0.2) is 18.2 Å². The molecule has 0 fully saturated rings. The largest absolute Gasteiger partial charge is 0.355 e. The van der Waals surface area contributed by atoms with Gasteiger partial charge in [-0.1, -0.05) is 11.6 Å². The molecular formula is C13H13ClN4. The smallest absolute Gasteiger partial charge is 0.172 e. The van der Waals surface area contributed by atoms with Crippen LogP contribution < -0.4 is 4.90 Å². The summed E-state index contributed by atoms with van der Waals surface area (Å²) in [6.45, 7) is 4.10. The molecule has 18 heavy (non-hydrogen) atoms. The fourth-order valence-corrected chi connectivity index (χ4v) is 1.83. The van der Waals surface area contributed by atoms with Crippen molar-refractivity contribution in [3.8, 4) is 6.07 Å². The third-order valence-corrected chi connectivity index (χ3v) is 3.10. The highest BCUT2D eigenvalue weighted by molar-refractivity contribution is 6.32. The van der Waals surface area contributed by atoms with Crippen LogP contribution in [0.5, 0.6) is 0 Å². The maximum absolute atomic E-state index is 8.88. The van der Waals surface area contributed by atoms with E-state index in [-0.39, 0.29) is 6.04 Å². The van der Waals surface area contributed by atoms with Crippen LogP contribution in [-0.4, -0.2) is 23.1 Å².